The summed E-state index contributed by atoms with van der Waals surface area (Å²) in [5.41, 5.74) is 2.55. The lowest BCUT2D eigenvalue weighted by atomic mass is 10.0. The molecular weight excluding hydrogens is 356 g/mol. The Morgan fingerprint density at radius 1 is 1.07 bits per heavy atom. The molecule has 1 aliphatic rings. The number of hydrogen-bond donors (Lipinski definition) is 2. The van der Waals surface area contributed by atoms with Gasteiger partial charge in [-0.3, -0.25) is 9.89 Å². The van der Waals surface area contributed by atoms with Crippen LogP contribution in [0.4, 0.5) is 0 Å². The Morgan fingerprint density at radius 2 is 1.78 bits per heavy atom. The molecule has 144 valence electrons. The van der Waals surface area contributed by atoms with E-state index in [1.807, 2.05) is 25.2 Å². The highest BCUT2D eigenvalue weighted by Gasteiger charge is 2.19. The Kier molecular flexibility index (Phi) is 7.55. The molecule has 1 heterocycles. The van der Waals surface area contributed by atoms with E-state index in [0.29, 0.717) is 6.04 Å². The summed E-state index contributed by atoms with van der Waals surface area (Å²) >= 11 is 6.22. The standard InChI is InChI=1S/C22H29ClN4/c1-24-22(25-14-11-19-9-5-6-10-21(19)23)26-20-12-15-27(16-13-20)17-18-7-3-2-4-8-18/h2-10,20H,11-17H2,1H3,(H2,24,25,26). The third-order valence-corrected chi connectivity index (χ3v) is 5.41. The second kappa shape index (κ2) is 10.3. The Labute approximate surface area is 167 Å². The van der Waals surface area contributed by atoms with Crippen molar-refractivity contribution in [2.75, 3.05) is 26.7 Å². The first kappa shape index (κ1) is 19.7. The molecule has 0 saturated carbocycles. The summed E-state index contributed by atoms with van der Waals surface area (Å²) in [7, 11) is 1.83. The fourth-order valence-corrected chi connectivity index (χ4v) is 3.71. The average Bonchev–Trinajstić information content (AvgIpc) is 2.71. The first-order valence-electron chi connectivity index (χ1n) is 9.71. The Morgan fingerprint density at radius 3 is 2.48 bits per heavy atom. The van der Waals surface area contributed by atoms with Gasteiger partial charge in [0, 0.05) is 44.3 Å². The number of piperidine rings is 1. The molecule has 1 aliphatic heterocycles. The maximum atomic E-state index is 6.22. The molecule has 4 nitrogen and oxygen atoms in total. The molecule has 1 fully saturated rings. The van der Waals surface area contributed by atoms with Crippen molar-refractivity contribution in [1.82, 2.24) is 15.5 Å². The van der Waals surface area contributed by atoms with Gasteiger partial charge in [0.1, 0.15) is 0 Å². The van der Waals surface area contributed by atoms with E-state index in [2.05, 4.69) is 56.9 Å². The average molecular weight is 385 g/mol. The second-order valence-electron chi connectivity index (χ2n) is 7.02. The lowest BCUT2D eigenvalue weighted by molar-refractivity contribution is 0.198. The summed E-state index contributed by atoms with van der Waals surface area (Å²) in [6.45, 7) is 4.08. The molecule has 0 aromatic heterocycles. The van der Waals surface area contributed by atoms with Crippen LogP contribution >= 0.6 is 11.6 Å². The molecule has 5 heteroatoms. The fraction of sp³-hybridized carbons (Fsp3) is 0.409. The van der Waals surface area contributed by atoms with E-state index in [4.69, 9.17) is 11.6 Å². The van der Waals surface area contributed by atoms with Crippen LogP contribution in [0, 0.1) is 0 Å². The highest BCUT2D eigenvalue weighted by atomic mass is 35.5. The van der Waals surface area contributed by atoms with Gasteiger partial charge in [-0.25, -0.2) is 0 Å². The van der Waals surface area contributed by atoms with E-state index in [9.17, 15) is 0 Å². The minimum absolute atomic E-state index is 0.475. The van der Waals surface area contributed by atoms with Crippen molar-refractivity contribution in [3.05, 3.63) is 70.7 Å². The van der Waals surface area contributed by atoms with Crippen molar-refractivity contribution in [2.45, 2.75) is 31.8 Å². The summed E-state index contributed by atoms with van der Waals surface area (Å²) in [6, 6.07) is 19.2. The highest BCUT2D eigenvalue weighted by molar-refractivity contribution is 6.31. The van der Waals surface area contributed by atoms with Crippen molar-refractivity contribution < 1.29 is 0 Å². The smallest absolute Gasteiger partial charge is 0.191 e. The summed E-state index contributed by atoms with van der Waals surface area (Å²) in [5.74, 6) is 0.878. The minimum Gasteiger partial charge on any atom is -0.356 e. The number of rotatable bonds is 6. The van der Waals surface area contributed by atoms with Gasteiger partial charge in [0.15, 0.2) is 5.96 Å². The normalized spacial score (nSPS) is 16.3. The monoisotopic (exact) mass is 384 g/mol. The van der Waals surface area contributed by atoms with Gasteiger partial charge in [0.2, 0.25) is 0 Å². The van der Waals surface area contributed by atoms with Crippen LogP contribution in [0.2, 0.25) is 5.02 Å². The summed E-state index contributed by atoms with van der Waals surface area (Å²) < 4.78 is 0. The van der Waals surface area contributed by atoms with Gasteiger partial charge in [-0.05, 0) is 36.5 Å². The molecule has 0 radical (unpaired) electrons. The van der Waals surface area contributed by atoms with Crippen LogP contribution in [0.15, 0.2) is 59.6 Å². The molecule has 3 rings (SSSR count). The van der Waals surface area contributed by atoms with Crippen LogP contribution in [0.5, 0.6) is 0 Å². The molecule has 0 unspecified atom stereocenters. The Bertz CT molecular complexity index is 724. The largest absolute Gasteiger partial charge is 0.356 e. The van der Waals surface area contributed by atoms with Crippen LogP contribution < -0.4 is 10.6 Å². The maximum absolute atomic E-state index is 6.22. The summed E-state index contributed by atoms with van der Waals surface area (Å²) in [5, 5.41) is 7.81. The first-order valence-corrected chi connectivity index (χ1v) is 10.1. The number of halogens is 1. The van der Waals surface area contributed by atoms with Crippen LogP contribution in [-0.4, -0.2) is 43.6 Å². The molecule has 0 aliphatic carbocycles. The lowest BCUT2D eigenvalue weighted by Crippen LogP contribution is -2.48. The molecule has 0 spiro atoms. The fourth-order valence-electron chi connectivity index (χ4n) is 3.48. The molecule has 1 saturated heterocycles. The van der Waals surface area contributed by atoms with Crippen molar-refractivity contribution >= 4 is 17.6 Å². The van der Waals surface area contributed by atoms with Gasteiger partial charge in [-0.1, -0.05) is 60.1 Å². The van der Waals surface area contributed by atoms with Crippen LogP contribution in [0.3, 0.4) is 0 Å². The predicted molar refractivity (Wildman–Crippen MR) is 114 cm³/mol. The zero-order valence-corrected chi connectivity index (χ0v) is 16.8. The van der Waals surface area contributed by atoms with Crippen molar-refractivity contribution in [3.63, 3.8) is 0 Å². The van der Waals surface area contributed by atoms with Crippen LogP contribution in [0.25, 0.3) is 0 Å². The van der Waals surface area contributed by atoms with Crippen LogP contribution in [0.1, 0.15) is 24.0 Å². The Hall–Kier alpha value is -2.04. The summed E-state index contributed by atoms with van der Waals surface area (Å²) in [4.78, 5) is 6.90. The number of benzene rings is 2. The van der Waals surface area contributed by atoms with Crippen molar-refractivity contribution in [2.24, 2.45) is 4.99 Å². The number of likely N-dealkylation sites (tertiary alicyclic amines) is 1. The van der Waals surface area contributed by atoms with Crippen LogP contribution in [-0.2, 0) is 13.0 Å². The number of nitrogens with one attached hydrogen (secondary N) is 2. The van der Waals surface area contributed by atoms with Gasteiger partial charge < -0.3 is 10.6 Å². The molecular formula is C22H29ClN4. The molecule has 2 N–H and O–H groups in total. The SMILES string of the molecule is CN=C(NCCc1ccccc1Cl)NC1CCN(Cc2ccccc2)CC1. The van der Waals surface area contributed by atoms with E-state index in [1.165, 1.54) is 5.56 Å². The van der Waals surface area contributed by atoms with E-state index in [-0.39, 0.29) is 0 Å². The van der Waals surface area contributed by atoms with Crippen molar-refractivity contribution in [3.8, 4) is 0 Å². The molecule has 27 heavy (non-hydrogen) atoms. The highest BCUT2D eigenvalue weighted by Crippen LogP contribution is 2.15. The van der Waals surface area contributed by atoms with Gasteiger partial charge in [-0.15, -0.1) is 0 Å². The van der Waals surface area contributed by atoms with Gasteiger partial charge in [0.05, 0.1) is 0 Å². The molecule has 0 bridgehead atoms. The van der Waals surface area contributed by atoms with Gasteiger partial charge >= 0.3 is 0 Å². The lowest BCUT2D eigenvalue weighted by Gasteiger charge is -2.33. The third-order valence-electron chi connectivity index (χ3n) is 5.05. The zero-order valence-electron chi connectivity index (χ0n) is 16.0. The number of aliphatic imine (C=N–C) groups is 1. The molecule has 2 aromatic carbocycles. The topological polar surface area (TPSA) is 39.7 Å². The second-order valence-corrected chi connectivity index (χ2v) is 7.43. The Balaban J connectivity index is 1.38. The summed E-state index contributed by atoms with van der Waals surface area (Å²) in [6.07, 6.45) is 3.16. The number of nitrogens with zero attached hydrogens (tertiary/aromatic N) is 2. The molecule has 0 amide bonds. The number of guanidine groups is 1. The van der Waals surface area contributed by atoms with E-state index < -0.39 is 0 Å². The van der Waals surface area contributed by atoms with E-state index in [0.717, 1.165) is 62.0 Å². The van der Waals surface area contributed by atoms with Crippen molar-refractivity contribution in [1.29, 1.82) is 0 Å². The predicted octanol–water partition coefficient (Wildman–Crippen LogP) is 3.71. The van der Waals surface area contributed by atoms with E-state index >= 15 is 0 Å². The first-order chi connectivity index (χ1) is 13.2. The molecule has 2 aromatic rings. The number of hydrogen-bond acceptors (Lipinski definition) is 2. The van der Waals surface area contributed by atoms with Gasteiger partial charge in [0.25, 0.3) is 0 Å². The minimum atomic E-state index is 0.475. The quantitative estimate of drug-likeness (QED) is 0.589. The van der Waals surface area contributed by atoms with Gasteiger partial charge in [-0.2, -0.15) is 0 Å². The zero-order chi connectivity index (χ0) is 18.9. The third kappa shape index (κ3) is 6.26. The molecule has 0 atom stereocenters. The maximum Gasteiger partial charge on any atom is 0.191 e. The van der Waals surface area contributed by atoms with E-state index in [1.54, 1.807) is 0 Å².